The molecule has 2 aromatic rings. The van der Waals surface area contributed by atoms with E-state index in [1.807, 2.05) is 30.3 Å². The maximum absolute atomic E-state index is 11.8. The van der Waals surface area contributed by atoms with E-state index in [1.54, 1.807) is 14.1 Å². The molecule has 1 saturated heterocycles. The van der Waals surface area contributed by atoms with Crippen LogP contribution < -0.4 is 16.0 Å². The number of hydrogen-bond donors (Lipinski definition) is 3. The average Bonchev–Trinajstić information content (AvgIpc) is 2.84. The Kier molecular flexibility index (Phi) is 8.87. The van der Waals surface area contributed by atoms with Crippen molar-refractivity contribution in [3.63, 3.8) is 0 Å². The Labute approximate surface area is 184 Å². The van der Waals surface area contributed by atoms with Crippen LogP contribution in [0.1, 0.15) is 27.5 Å². The highest BCUT2D eigenvalue weighted by Gasteiger charge is 2.22. The largest absolute Gasteiger partial charge is 0.379 e. The quantitative estimate of drug-likeness (QED) is 0.446. The van der Waals surface area contributed by atoms with E-state index in [2.05, 4.69) is 50.1 Å². The lowest BCUT2D eigenvalue weighted by molar-refractivity contribution is 0.0170. The second-order valence-electron chi connectivity index (χ2n) is 7.48. The Morgan fingerprint density at radius 2 is 1.87 bits per heavy atom. The third-order valence-electron chi connectivity index (χ3n) is 5.48. The van der Waals surface area contributed by atoms with Crippen LogP contribution in [0.25, 0.3) is 0 Å². The molecular formula is C24H33N5O2. The molecule has 1 heterocycles. The van der Waals surface area contributed by atoms with Gasteiger partial charge >= 0.3 is 0 Å². The van der Waals surface area contributed by atoms with Crippen LogP contribution in [-0.4, -0.2) is 70.3 Å². The zero-order chi connectivity index (χ0) is 21.9. The number of nitrogens with one attached hydrogen (secondary N) is 3. The van der Waals surface area contributed by atoms with Crippen LogP contribution in [0.4, 0.5) is 0 Å². The zero-order valence-electron chi connectivity index (χ0n) is 18.4. The first kappa shape index (κ1) is 22.8. The molecule has 7 nitrogen and oxygen atoms in total. The molecule has 1 aliphatic heterocycles. The standard InChI is InChI=1S/C24H33N5O2/c1-25-23(30)21-10-6-7-19(17-21)11-12-27-24(26-2)28-18-22(20-8-4-3-5-9-20)29-13-15-31-16-14-29/h3-10,17,22H,11-16,18H2,1-2H3,(H,25,30)(H2,26,27,28). The van der Waals surface area contributed by atoms with Crippen molar-refractivity contribution in [3.05, 3.63) is 71.3 Å². The Hall–Kier alpha value is -2.90. The molecule has 7 heteroatoms. The summed E-state index contributed by atoms with van der Waals surface area (Å²) < 4.78 is 5.53. The minimum absolute atomic E-state index is 0.0673. The number of carbonyl (C=O) groups is 1. The van der Waals surface area contributed by atoms with Crippen molar-refractivity contribution in [2.45, 2.75) is 12.5 Å². The van der Waals surface area contributed by atoms with Gasteiger partial charge in [-0.3, -0.25) is 14.7 Å². The second-order valence-corrected chi connectivity index (χ2v) is 7.48. The van der Waals surface area contributed by atoms with E-state index in [0.29, 0.717) is 5.56 Å². The lowest BCUT2D eigenvalue weighted by Gasteiger charge is -2.35. The first-order valence-electron chi connectivity index (χ1n) is 10.8. The summed E-state index contributed by atoms with van der Waals surface area (Å²) in [5.74, 6) is 0.707. The van der Waals surface area contributed by atoms with Crippen LogP contribution in [0.3, 0.4) is 0 Å². The summed E-state index contributed by atoms with van der Waals surface area (Å²) in [6, 6.07) is 18.5. The molecule has 0 saturated carbocycles. The second kappa shape index (κ2) is 12.1. The number of morpholine rings is 1. The van der Waals surface area contributed by atoms with Gasteiger partial charge in [0.2, 0.25) is 0 Å². The molecule has 0 aromatic heterocycles. The predicted octanol–water partition coefficient (Wildman–Crippen LogP) is 1.83. The van der Waals surface area contributed by atoms with Crippen molar-refractivity contribution >= 4 is 11.9 Å². The number of hydrogen-bond acceptors (Lipinski definition) is 4. The molecule has 1 amide bonds. The van der Waals surface area contributed by atoms with Crippen molar-refractivity contribution in [2.24, 2.45) is 4.99 Å². The van der Waals surface area contributed by atoms with Crippen molar-refractivity contribution < 1.29 is 9.53 Å². The van der Waals surface area contributed by atoms with E-state index in [-0.39, 0.29) is 11.9 Å². The van der Waals surface area contributed by atoms with E-state index < -0.39 is 0 Å². The SMILES string of the molecule is CN=C(NCCc1cccc(C(=O)NC)c1)NCC(c1ccccc1)N1CCOCC1. The minimum Gasteiger partial charge on any atom is -0.379 e. The molecule has 0 spiro atoms. The first-order chi connectivity index (χ1) is 15.2. The van der Waals surface area contributed by atoms with Gasteiger partial charge in [0.05, 0.1) is 19.3 Å². The summed E-state index contributed by atoms with van der Waals surface area (Å²) in [6.45, 7) is 4.88. The van der Waals surface area contributed by atoms with Crippen LogP contribution in [0, 0.1) is 0 Å². The Morgan fingerprint density at radius 3 is 2.58 bits per heavy atom. The summed E-state index contributed by atoms with van der Waals surface area (Å²) in [5, 5.41) is 9.53. The third-order valence-corrected chi connectivity index (χ3v) is 5.48. The molecule has 0 bridgehead atoms. The summed E-state index contributed by atoms with van der Waals surface area (Å²) in [4.78, 5) is 18.7. The van der Waals surface area contributed by atoms with E-state index in [4.69, 9.17) is 4.74 Å². The molecular weight excluding hydrogens is 390 g/mol. The van der Waals surface area contributed by atoms with Crippen LogP contribution in [0.2, 0.25) is 0 Å². The fraction of sp³-hybridized carbons (Fsp3) is 0.417. The fourth-order valence-electron chi connectivity index (χ4n) is 3.77. The highest BCUT2D eigenvalue weighted by Crippen LogP contribution is 2.21. The number of amides is 1. The topological polar surface area (TPSA) is 78.0 Å². The maximum Gasteiger partial charge on any atom is 0.251 e. The van der Waals surface area contributed by atoms with Crippen molar-refractivity contribution in [2.75, 3.05) is 53.5 Å². The minimum atomic E-state index is -0.0673. The highest BCUT2D eigenvalue weighted by atomic mass is 16.5. The number of nitrogens with zero attached hydrogens (tertiary/aromatic N) is 2. The van der Waals surface area contributed by atoms with Crippen molar-refractivity contribution in [1.29, 1.82) is 0 Å². The van der Waals surface area contributed by atoms with Crippen LogP contribution >= 0.6 is 0 Å². The van der Waals surface area contributed by atoms with Gasteiger partial charge in [-0.1, -0.05) is 42.5 Å². The fourth-order valence-corrected chi connectivity index (χ4v) is 3.77. The van der Waals surface area contributed by atoms with E-state index >= 15 is 0 Å². The molecule has 1 fully saturated rings. The smallest absolute Gasteiger partial charge is 0.251 e. The van der Waals surface area contributed by atoms with Gasteiger partial charge < -0.3 is 20.7 Å². The van der Waals surface area contributed by atoms with Crippen LogP contribution in [0.5, 0.6) is 0 Å². The van der Waals surface area contributed by atoms with Crippen molar-refractivity contribution in [3.8, 4) is 0 Å². The summed E-state index contributed by atoms with van der Waals surface area (Å²) >= 11 is 0. The van der Waals surface area contributed by atoms with Crippen LogP contribution in [0.15, 0.2) is 59.6 Å². The number of rotatable bonds is 8. The molecule has 0 aliphatic carbocycles. The summed E-state index contributed by atoms with van der Waals surface area (Å²) in [6.07, 6.45) is 0.803. The van der Waals surface area contributed by atoms with Gasteiger partial charge in [0, 0.05) is 45.8 Å². The third kappa shape index (κ3) is 6.80. The molecule has 3 N–H and O–H groups in total. The Balaban J connectivity index is 1.54. The Bertz CT molecular complexity index is 850. The van der Waals surface area contributed by atoms with Gasteiger partial charge in [-0.2, -0.15) is 0 Å². The summed E-state index contributed by atoms with van der Waals surface area (Å²) in [7, 11) is 3.43. The Morgan fingerprint density at radius 1 is 1.10 bits per heavy atom. The molecule has 0 radical (unpaired) electrons. The number of guanidine groups is 1. The highest BCUT2D eigenvalue weighted by molar-refractivity contribution is 5.94. The lowest BCUT2D eigenvalue weighted by Crippen LogP contribution is -2.46. The van der Waals surface area contributed by atoms with Gasteiger partial charge in [0.25, 0.3) is 5.91 Å². The summed E-state index contributed by atoms with van der Waals surface area (Å²) in [5.41, 5.74) is 3.08. The maximum atomic E-state index is 11.8. The number of aliphatic imine (C=N–C) groups is 1. The van der Waals surface area contributed by atoms with E-state index in [9.17, 15) is 4.79 Å². The number of ether oxygens (including phenoxy) is 1. The molecule has 2 aromatic carbocycles. The molecule has 166 valence electrons. The van der Waals surface area contributed by atoms with Gasteiger partial charge in [-0.15, -0.1) is 0 Å². The molecule has 1 aliphatic rings. The zero-order valence-corrected chi connectivity index (χ0v) is 18.4. The number of benzene rings is 2. The van der Waals surface area contributed by atoms with Gasteiger partial charge in [-0.05, 0) is 29.7 Å². The van der Waals surface area contributed by atoms with Crippen molar-refractivity contribution in [1.82, 2.24) is 20.9 Å². The molecule has 3 rings (SSSR count). The van der Waals surface area contributed by atoms with Gasteiger partial charge in [-0.25, -0.2) is 0 Å². The lowest BCUT2D eigenvalue weighted by atomic mass is 10.0. The number of carbonyl (C=O) groups excluding carboxylic acids is 1. The molecule has 1 unspecified atom stereocenters. The first-order valence-corrected chi connectivity index (χ1v) is 10.8. The monoisotopic (exact) mass is 423 g/mol. The van der Waals surface area contributed by atoms with E-state index in [1.165, 1.54) is 5.56 Å². The van der Waals surface area contributed by atoms with Crippen LogP contribution in [-0.2, 0) is 11.2 Å². The molecule has 31 heavy (non-hydrogen) atoms. The normalized spacial score (nSPS) is 15.9. The van der Waals surface area contributed by atoms with Gasteiger partial charge in [0.15, 0.2) is 5.96 Å². The predicted molar refractivity (Wildman–Crippen MR) is 124 cm³/mol. The average molecular weight is 424 g/mol. The van der Waals surface area contributed by atoms with E-state index in [0.717, 1.165) is 57.3 Å². The van der Waals surface area contributed by atoms with Gasteiger partial charge in [0.1, 0.15) is 0 Å². The molecule has 1 atom stereocenters.